The second kappa shape index (κ2) is 6.04. The van der Waals surface area contributed by atoms with Crippen molar-refractivity contribution in [2.24, 2.45) is 5.73 Å². The third-order valence-corrected chi connectivity index (χ3v) is 3.79. The number of aromatic amines is 1. The van der Waals surface area contributed by atoms with E-state index in [0.717, 1.165) is 17.0 Å². The van der Waals surface area contributed by atoms with Crippen molar-refractivity contribution in [1.29, 1.82) is 0 Å². The number of aryl methyl sites for hydroxylation is 2. The maximum Gasteiger partial charge on any atom is 0.251 e. The monoisotopic (exact) mass is 275 g/mol. The minimum Gasteiger partial charge on any atom is -0.330 e. The van der Waals surface area contributed by atoms with E-state index in [1.165, 1.54) is 29.0 Å². The van der Waals surface area contributed by atoms with Crippen molar-refractivity contribution in [3.8, 4) is 0 Å². The lowest BCUT2D eigenvalue weighted by Crippen LogP contribution is -2.08. The molecule has 4 nitrogen and oxygen atoms in total. The van der Waals surface area contributed by atoms with E-state index in [0.29, 0.717) is 11.7 Å². The van der Waals surface area contributed by atoms with Crippen molar-refractivity contribution < 1.29 is 0 Å². The summed E-state index contributed by atoms with van der Waals surface area (Å²) in [5.74, 6) is 0. The lowest BCUT2D eigenvalue weighted by molar-refractivity contribution is 0.904. The molecule has 0 atom stereocenters. The first kappa shape index (κ1) is 13.8. The van der Waals surface area contributed by atoms with Crippen LogP contribution in [0.4, 0.5) is 0 Å². The molecular formula is C14H17N3OS. The molecule has 0 unspecified atom stereocenters. The summed E-state index contributed by atoms with van der Waals surface area (Å²) in [5.41, 5.74) is 8.56. The number of nitrogens with zero attached hydrogens (tertiary/aromatic N) is 1. The Bertz CT molecular complexity index is 637. The first-order chi connectivity index (χ1) is 9.08. The molecule has 0 amide bonds. The van der Waals surface area contributed by atoms with Gasteiger partial charge in [0.05, 0.1) is 0 Å². The lowest BCUT2D eigenvalue weighted by Gasteiger charge is -2.07. The lowest BCUT2D eigenvalue weighted by atomic mass is 10.1. The maximum absolute atomic E-state index is 11.4. The largest absolute Gasteiger partial charge is 0.330 e. The molecule has 2 aromatic rings. The SMILES string of the molecule is Cc1cc(=O)[nH]c(Sc2ccc(CCN)cc2C)n1. The molecule has 100 valence electrons. The molecule has 0 aliphatic carbocycles. The Morgan fingerprint density at radius 2 is 2.11 bits per heavy atom. The quantitative estimate of drug-likeness (QED) is 0.838. The van der Waals surface area contributed by atoms with E-state index in [-0.39, 0.29) is 5.56 Å². The van der Waals surface area contributed by atoms with Gasteiger partial charge in [-0.3, -0.25) is 4.79 Å². The van der Waals surface area contributed by atoms with Crippen molar-refractivity contribution in [2.75, 3.05) is 6.54 Å². The van der Waals surface area contributed by atoms with Crippen LogP contribution in [0.25, 0.3) is 0 Å². The molecular weight excluding hydrogens is 258 g/mol. The highest BCUT2D eigenvalue weighted by Crippen LogP contribution is 2.27. The highest BCUT2D eigenvalue weighted by atomic mass is 32.2. The Balaban J connectivity index is 2.25. The highest BCUT2D eigenvalue weighted by Gasteiger charge is 2.05. The van der Waals surface area contributed by atoms with Crippen LogP contribution in [-0.4, -0.2) is 16.5 Å². The summed E-state index contributed by atoms with van der Waals surface area (Å²) >= 11 is 1.47. The van der Waals surface area contributed by atoms with Crippen LogP contribution in [0.2, 0.25) is 0 Å². The zero-order valence-corrected chi connectivity index (χ0v) is 11.9. The Morgan fingerprint density at radius 1 is 1.32 bits per heavy atom. The molecule has 0 aliphatic heterocycles. The maximum atomic E-state index is 11.4. The van der Waals surface area contributed by atoms with Gasteiger partial charge in [0, 0.05) is 16.7 Å². The summed E-state index contributed by atoms with van der Waals surface area (Å²) in [6.07, 6.45) is 0.880. The van der Waals surface area contributed by atoms with E-state index in [4.69, 9.17) is 5.73 Å². The Kier molecular flexibility index (Phi) is 4.39. The van der Waals surface area contributed by atoms with E-state index in [2.05, 4.69) is 29.0 Å². The number of hydrogen-bond acceptors (Lipinski definition) is 4. The normalized spacial score (nSPS) is 10.7. The number of hydrogen-bond donors (Lipinski definition) is 2. The molecule has 2 rings (SSSR count). The molecule has 5 heteroatoms. The standard InChI is InChI=1S/C14H17N3OS/c1-9-7-11(5-6-15)3-4-12(9)19-14-16-10(2)8-13(18)17-14/h3-4,7-8H,5-6,15H2,1-2H3,(H,16,17,18). The van der Waals surface area contributed by atoms with Gasteiger partial charge in [-0.25, -0.2) is 4.98 Å². The van der Waals surface area contributed by atoms with Gasteiger partial charge in [-0.05, 0) is 44.0 Å². The zero-order chi connectivity index (χ0) is 13.8. The van der Waals surface area contributed by atoms with Gasteiger partial charge in [-0.1, -0.05) is 23.9 Å². The van der Waals surface area contributed by atoms with Crippen LogP contribution >= 0.6 is 11.8 Å². The van der Waals surface area contributed by atoms with Crippen molar-refractivity contribution in [1.82, 2.24) is 9.97 Å². The smallest absolute Gasteiger partial charge is 0.251 e. The average Bonchev–Trinajstić information content (AvgIpc) is 2.32. The van der Waals surface area contributed by atoms with Crippen LogP contribution < -0.4 is 11.3 Å². The van der Waals surface area contributed by atoms with Gasteiger partial charge in [-0.2, -0.15) is 0 Å². The molecule has 0 saturated heterocycles. The fourth-order valence-electron chi connectivity index (χ4n) is 1.85. The van der Waals surface area contributed by atoms with Crippen LogP contribution in [-0.2, 0) is 6.42 Å². The fraction of sp³-hybridized carbons (Fsp3) is 0.286. The van der Waals surface area contributed by atoms with E-state index in [1.807, 2.05) is 13.0 Å². The molecule has 1 aromatic carbocycles. The summed E-state index contributed by atoms with van der Waals surface area (Å²) in [6.45, 7) is 4.52. The van der Waals surface area contributed by atoms with Crippen LogP contribution in [0.3, 0.4) is 0 Å². The molecule has 3 N–H and O–H groups in total. The van der Waals surface area contributed by atoms with Gasteiger partial charge in [0.2, 0.25) is 0 Å². The number of rotatable bonds is 4. The Hall–Kier alpha value is -1.59. The summed E-state index contributed by atoms with van der Waals surface area (Å²) in [6, 6.07) is 7.73. The molecule has 0 saturated carbocycles. The van der Waals surface area contributed by atoms with E-state index >= 15 is 0 Å². The molecule has 1 heterocycles. The molecule has 19 heavy (non-hydrogen) atoms. The number of H-pyrrole nitrogens is 1. The van der Waals surface area contributed by atoms with Gasteiger partial charge < -0.3 is 10.7 Å². The minimum absolute atomic E-state index is 0.118. The second-order valence-electron chi connectivity index (χ2n) is 4.43. The van der Waals surface area contributed by atoms with Crippen LogP contribution in [0.5, 0.6) is 0 Å². The number of nitrogens with two attached hydrogens (primary N) is 1. The van der Waals surface area contributed by atoms with Crippen molar-refractivity contribution >= 4 is 11.8 Å². The highest BCUT2D eigenvalue weighted by molar-refractivity contribution is 7.99. The van der Waals surface area contributed by atoms with Gasteiger partial charge in [0.1, 0.15) is 0 Å². The van der Waals surface area contributed by atoms with Crippen LogP contribution in [0.15, 0.2) is 39.1 Å². The van der Waals surface area contributed by atoms with Crippen molar-refractivity contribution in [3.05, 3.63) is 51.4 Å². The number of nitrogens with one attached hydrogen (secondary N) is 1. The Labute approximate surface area is 116 Å². The molecule has 0 spiro atoms. The number of benzene rings is 1. The average molecular weight is 275 g/mol. The molecule has 0 bridgehead atoms. The van der Waals surface area contributed by atoms with Crippen molar-refractivity contribution in [3.63, 3.8) is 0 Å². The molecule has 0 radical (unpaired) electrons. The molecule has 0 aliphatic rings. The zero-order valence-electron chi connectivity index (χ0n) is 11.1. The van der Waals surface area contributed by atoms with E-state index < -0.39 is 0 Å². The topological polar surface area (TPSA) is 71.8 Å². The summed E-state index contributed by atoms with van der Waals surface area (Å²) < 4.78 is 0. The van der Waals surface area contributed by atoms with E-state index in [9.17, 15) is 4.79 Å². The van der Waals surface area contributed by atoms with Gasteiger partial charge in [0.25, 0.3) is 5.56 Å². The fourth-order valence-corrected chi connectivity index (χ4v) is 2.76. The van der Waals surface area contributed by atoms with Gasteiger partial charge >= 0.3 is 0 Å². The Morgan fingerprint density at radius 3 is 2.74 bits per heavy atom. The predicted molar refractivity (Wildman–Crippen MR) is 77.7 cm³/mol. The van der Waals surface area contributed by atoms with E-state index in [1.54, 1.807) is 0 Å². The van der Waals surface area contributed by atoms with Crippen LogP contribution in [0.1, 0.15) is 16.8 Å². The van der Waals surface area contributed by atoms with Gasteiger partial charge in [-0.15, -0.1) is 0 Å². The first-order valence-electron chi connectivity index (χ1n) is 6.14. The van der Waals surface area contributed by atoms with Crippen molar-refractivity contribution in [2.45, 2.75) is 30.3 Å². The third kappa shape index (κ3) is 3.68. The summed E-state index contributed by atoms with van der Waals surface area (Å²) in [5, 5.41) is 0.625. The summed E-state index contributed by atoms with van der Waals surface area (Å²) in [7, 11) is 0. The molecule has 1 aromatic heterocycles. The summed E-state index contributed by atoms with van der Waals surface area (Å²) in [4.78, 5) is 19.6. The van der Waals surface area contributed by atoms with Gasteiger partial charge in [0.15, 0.2) is 5.16 Å². The number of aromatic nitrogens is 2. The molecule has 0 fully saturated rings. The van der Waals surface area contributed by atoms with Crippen LogP contribution in [0, 0.1) is 13.8 Å². The minimum atomic E-state index is -0.118. The third-order valence-electron chi connectivity index (χ3n) is 2.73. The first-order valence-corrected chi connectivity index (χ1v) is 6.95. The second-order valence-corrected chi connectivity index (χ2v) is 5.46. The predicted octanol–water partition coefficient (Wildman–Crippen LogP) is 2.04.